The highest BCUT2D eigenvalue weighted by Crippen LogP contribution is 2.49. The average molecular weight is 302 g/mol. The van der Waals surface area contributed by atoms with Gasteiger partial charge >= 0.3 is 0 Å². The summed E-state index contributed by atoms with van der Waals surface area (Å²) in [4.78, 5) is 40.8. The van der Waals surface area contributed by atoms with Crippen LogP contribution in [-0.2, 0) is 14.4 Å². The minimum Gasteiger partial charge on any atom is -0.341 e. The van der Waals surface area contributed by atoms with Gasteiger partial charge in [-0.05, 0) is 43.9 Å². The first-order valence-electron chi connectivity index (χ1n) is 8.48. The first kappa shape index (κ1) is 14.0. The van der Waals surface area contributed by atoms with Gasteiger partial charge in [0.2, 0.25) is 17.7 Å². The molecule has 118 valence electrons. The molecule has 0 aromatic rings. The lowest BCUT2D eigenvalue weighted by molar-refractivity contribution is -0.147. The molecular formula is C17H22N2O3. The predicted molar refractivity (Wildman–Crippen MR) is 79.5 cm³/mol. The summed E-state index contributed by atoms with van der Waals surface area (Å²) in [6.45, 7) is 1.47. The number of nitrogens with zero attached hydrogens (tertiary/aromatic N) is 2. The Bertz CT molecular complexity index is 518. The Hall–Kier alpha value is -1.65. The molecule has 0 radical (unpaired) electrons. The third-order valence-electron chi connectivity index (χ3n) is 5.85. The Morgan fingerprint density at radius 1 is 0.955 bits per heavy atom. The lowest BCUT2D eigenvalue weighted by Crippen LogP contribution is -2.45. The van der Waals surface area contributed by atoms with Gasteiger partial charge in [-0.1, -0.05) is 12.2 Å². The van der Waals surface area contributed by atoms with E-state index >= 15 is 0 Å². The second-order valence-corrected chi connectivity index (χ2v) is 7.05. The maximum absolute atomic E-state index is 12.7. The molecule has 0 aromatic carbocycles. The highest BCUT2D eigenvalue weighted by Gasteiger charge is 2.56. The standard InChI is InChI=1S/C17H22N2O3/c20-13(18-8-2-1-3-9-18)10-19-16(21)14-11-4-5-12(7-6-11)15(14)17(19)22/h4-5,11-12,14-15H,1-3,6-10H2/t11-,12-,14-,15-/m0/s1. The Labute approximate surface area is 130 Å². The molecule has 3 amide bonds. The zero-order valence-corrected chi connectivity index (χ0v) is 12.7. The molecule has 0 unspecified atom stereocenters. The van der Waals surface area contributed by atoms with Crippen LogP contribution in [0.15, 0.2) is 12.2 Å². The van der Waals surface area contributed by atoms with E-state index in [0.29, 0.717) is 0 Å². The summed E-state index contributed by atoms with van der Waals surface area (Å²) >= 11 is 0. The lowest BCUT2D eigenvalue weighted by atomic mass is 9.63. The molecule has 1 saturated carbocycles. The molecule has 3 aliphatic carbocycles. The molecule has 2 heterocycles. The van der Waals surface area contributed by atoms with Crippen molar-refractivity contribution in [2.24, 2.45) is 23.7 Å². The highest BCUT2D eigenvalue weighted by molar-refractivity contribution is 6.08. The number of fused-ring (bicyclic) bond motifs is 1. The van der Waals surface area contributed by atoms with Gasteiger partial charge in [-0.25, -0.2) is 0 Å². The van der Waals surface area contributed by atoms with Gasteiger partial charge in [0.05, 0.1) is 11.8 Å². The number of hydrogen-bond donors (Lipinski definition) is 0. The molecule has 0 aromatic heterocycles. The Kier molecular flexibility index (Phi) is 3.31. The van der Waals surface area contributed by atoms with Crippen molar-refractivity contribution in [2.75, 3.05) is 19.6 Å². The van der Waals surface area contributed by atoms with E-state index in [4.69, 9.17) is 0 Å². The van der Waals surface area contributed by atoms with Crippen LogP contribution in [-0.4, -0.2) is 47.2 Å². The van der Waals surface area contributed by atoms with E-state index < -0.39 is 0 Å². The highest BCUT2D eigenvalue weighted by atomic mass is 16.2. The van der Waals surface area contributed by atoms with E-state index in [1.165, 1.54) is 4.90 Å². The molecule has 2 aliphatic heterocycles. The van der Waals surface area contributed by atoms with Gasteiger partial charge < -0.3 is 4.90 Å². The minimum atomic E-state index is -0.203. The molecule has 2 bridgehead atoms. The number of carbonyl (C=O) groups excluding carboxylic acids is 3. The summed E-state index contributed by atoms with van der Waals surface area (Å²) in [7, 11) is 0. The Morgan fingerprint density at radius 3 is 2.00 bits per heavy atom. The molecule has 22 heavy (non-hydrogen) atoms. The number of likely N-dealkylation sites (tertiary alicyclic amines) is 2. The molecule has 0 spiro atoms. The normalized spacial score (nSPS) is 36.9. The minimum absolute atomic E-state index is 0.0515. The maximum atomic E-state index is 12.7. The first-order valence-corrected chi connectivity index (χ1v) is 8.48. The SMILES string of the molecule is O=C(CN1C(=O)[C@@H]2[C@@H](C1=O)[C@H]1C=C[C@H]2CC1)N1CCCCC1. The molecule has 0 N–H and O–H groups in total. The van der Waals surface area contributed by atoms with Crippen LogP contribution in [0.2, 0.25) is 0 Å². The fraction of sp³-hybridized carbons (Fsp3) is 0.706. The topological polar surface area (TPSA) is 57.7 Å². The van der Waals surface area contributed by atoms with Crippen molar-refractivity contribution in [3.8, 4) is 0 Å². The van der Waals surface area contributed by atoms with Crippen molar-refractivity contribution in [3.63, 3.8) is 0 Å². The Balaban J connectivity index is 1.50. The largest absolute Gasteiger partial charge is 0.341 e. The van der Waals surface area contributed by atoms with E-state index in [2.05, 4.69) is 12.2 Å². The summed E-state index contributed by atoms with van der Waals surface area (Å²) in [5, 5.41) is 0. The third-order valence-corrected chi connectivity index (χ3v) is 5.85. The maximum Gasteiger partial charge on any atom is 0.242 e. The van der Waals surface area contributed by atoms with Crippen molar-refractivity contribution in [1.29, 1.82) is 0 Å². The molecule has 4 atom stereocenters. The number of allylic oxidation sites excluding steroid dienone is 2. The molecular weight excluding hydrogens is 280 g/mol. The summed E-state index contributed by atoms with van der Waals surface area (Å²) in [6.07, 6.45) is 9.40. The van der Waals surface area contributed by atoms with Gasteiger partial charge in [0.25, 0.3) is 0 Å². The van der Waals surface area contributed by atoms with Crippen LogP contribution in [0.4, 0.5) is 0 Å². The van der Waals surface area contributed by atoms with E-state index in [9.17, 15) is 14.4 Å². The van der Waals surface area contributed by atoms with Crippen molar-refractivity contribution < 1.29 is 14.4 Å². The number of hydrogen-bond acceptors (Lipinski definition) is 3. The van der Waals surface area contributed by atoms with E-state index in [0.717, 1.165) is 45.2 Å². The zero-order chi connectivity index (χ0) is 15.3. The number of rotatable bonds is 2. The van der Waals surface area contributed by atoms with Crippen LogP contribution >= 0.6 is 0 Å². The van der Waals surface area contributed by atoms with Crippen molar-refractivity contribution in [1.82, 2.24) is 9.80 Å². The fourth-order valence-corrected chi connectivity index (χ4v) is 4.67. The van der Waals surface area contributed by atoms with Crippen molar-refractivity contribution >= 4 is 17.7 Å². The summed E-state index contributed by atoms with van der Waals surface area (Å²) in [6, 6.07) is 0. The van der Waals surface area contributed by atoms with E-state index in [1.807, 2.05) is 0 Å². The van der Waals surface area contributed by atoms with Crippen molar-refractivity contribution in [3.05, 3.63) is 12.2 Å². The summed E-state index contributed by atoms with van der Waals surface area (Å²) in [5.74, 6) is -0.307. The van der Waals surface area contributed by atoms with E-state index in [1.54, 1.807) is 4.90 Å². The fourth-order valence-electron chi connectivity index (χ4n) is 4.67. The van der Waals surface area contributed by atoms with Crippen LogP contribution in [0.3, 0.4) is 0 Å². The zero-order valence-electron chi connectivity index (χ0n) is 12.7. The molecule has 2 saturated heterocycles. The third kappa shape index (κ3) is 2.02. The van der Waals surface area contributed by atoms with Crippen LogP contribution in [0, 0.1) is 23.7 Å². The molecule has 5 nitrogen and oxygen atoms in total. The second-order valence-electron chi connectivity index (χ2n) is 7.05. The number of imide groups is 1. The molecule has 5 aliphatic rings. The molecule has 5 rings (SSSR count). The smallest absolute Gasteiger partial charge is 0.242 e. The van der Waals surface area contributed by atoms with Gasteiger partial charge in [0, 0.05) is 13.1 Å². The van der Waals surface area contributed by atoms with Crippen LogP contribution in [0.5, 0.6) is 0 Å². The molecule has 5 heteroatoms. The molecule has 3 fully saturated rings. The van der Waals surface area contributed by atoms with Crippen LogP contribution < -0.4 is 0 Å². The lowest BCUT2D eigenvalue weighted by Gasteiger charge is -2.38. The van der Waals surface area contributed by atoms with Crippen LogP contribution in [0.25, 0.3) is 0 Å². The number of amides is 3. The predicted octanol–water partition coefficient (Wildman–Crippen LogP) is 1.20. The van der Waals surface area contributed by atoms with Crippen molar-refractivity contribution in [2.45, 2.75) is 32.1 Å². The van der Waals surface area contributed by atoms with Gasteiger partial charge in [0.15, 0.2) is 0 Å². The van der Waals surface area contributed by atoms with Gasteiger partial charge in [-0.15, -0.1) is 0 Å². The van der Waals surface area contributed by atoms with Gasteiger partial charge in [-0.3, -0.25) is 19.3 Å². The Morgan fingerprint density at radius 2 is 1.50 bits per heavy atom. The van der Waals surface area contributed by atoms with Crippen LogP contribution in [0.1, 0.15) is 32.1 Å². The average Bonchev–Trinajstić information content (AvgIpc) is 2.84. The monoisotopic (exact) mass is 302 g/mol. The quantitative estimate of drug-likeness (QED) is 0.569. The summed E-state index contributed by atoms with van der Waals surface area (Å²) < 4.78 is 0. The van der Waals surface area contributed by atoms with E-state index in [-0.39, 0.29) is 47.9 Å². The number of carbonyl (C=O) groups is 3. The van der Waals surface area contributed by atoms with Gasteiger partial charge in [0.1, 0.15) is 6.54 Å². The second kappa shape index (κ2) is 5.21. The summed E-state index contributed by atoms with van der Waals surface area (Å²) in [5.41, 5.74) is 0. The first-order chi connectivity index (χ1) is 10.7. The van der Waals surface area contributed by atoms with Gasteiger partial charge in [-0.2, -0.15) is 0 Å². The number of piperidine rings is 1.